The van der Waals surface area contributed by atoms with Crippen LogP contribution in [0.2, 0.25) is 5.02 Å². The van der Waals surface area contributed by atoms with E-state index in [1.165, 1.54) is 22.9 Å². The Morgan fingerprint density at radius 3 is 2.15 bits per heavy atom. The predicted molar refractivity (Wildman–Crippen MR) is 139 cm³/mol. The van der Waals surface area contributed by atoms with Crippen molar-refractivity contribution < 1.29 is 9.53 Å². The predicted octanol–water partition coefficient (Wildman–Crippen LogP) is 6.84. The Labute approximate surface area is 210 Å². The molecular formula is C27H30ClN3O2S. The molecule has 0 bridgehead atoms. The van der Waals surface area contributed by atoms with Crippen LogP contribution in [-0.4, -0.2) is 45.9 Å². The van der Waals surface area contributed by atoms with Crippen LogP contribution in [0.1, 0.15) is 44.7 Å². The van der Waals surface area contributed by atoms with Crippen LogP contribution in [0.15, 0.2) is 66.0 Å². The van der Waals surface area contributed by atoms with Gasteiger partial charge in [0, 0.05) is 35.3 Å². The summed E-state index contributed by atoms with van der Waals surface area (Å²) < 4.78 is 5.61. The Hall–Kier alpha value is -2.57. The van der Waals surface area contributed by atoms with Gasteiger partial charge in [0.1, 0.15) is 5.60 Å². The molecule has 4 rings (SSSR count). The van der Waals surface area contributed by atoms with E-state index in [1.54, 1.807) is 6.20 Å². The molecule has 1 aromatic heterocycles. The lowest BCUT2D eigenvalue weighted by Crippen LogP contribution is -2.47. The van der Waals surface area contributed by atoms with Crippen molar-refractivity contribution in [1.29, 1.82) is 0 Å². The van der Waals surface area contributed by atoms with Gasteiger partial charge in [-0.1, -0.05) is 59.8 Å². The summed E-state index contributed by atoms with van der Waals surface area (Å²) in [6.07, 6.45) is 5.13. The van der Waals surface area contributed by atoms with Crippen LogP contribution in [0.4, 0.5) is 4.79 Å². The highest BCUT2D eigenvalue weighted by Crippen LogP contribution is 2.43. The smallest absolute Gasteiger partial charge is 0.410 e. The van der Waals surface area contributed by atoms with Crippen molar-refractivity contribution in [2.24, 2.45) is 0 Å². The van der Waals surface area contributed by atoms with Gasteiger partial charge in [-0.3, -0.25) is 0 Å². The quantitative estimate of drug-likeness (QED) is 0.293. The van der Waals surface area contributed by atoms with E-state index in [4.69, 9.17) is 16.3 Å². The van der Waals surface area contributed by atoms with E-state index in [0.29, 0.717) is 18.1 Å². The molecule has 34 heavy (non-hydrogen) atoms. The summed E-state index contributed by atoms with van der Waals surface area (Å²) in [6.45, 7) is 6.95. The third-order valence-electron chi connectivity index (χ3n) is 6.21. The number of ether oxygens (including phenoxy) is 1. The molecule has 1 aliphatic heterocycles. The highest BCUT2D eigenvalue weighted by Gasteiger charge is 2.39. The molecule has 5 nitrogen and oxygen atoms in total. The Morgan fingerprint density at radius 1 is 1.00 bits per heavy atom. The van der Waals surface area contributed by atoms with Gasteiger partial charge in [-0.05, 0) is 69.2 Å². The lowest BCUT2D eigenvalue weighted by Gasteiger charge is -2.43. The average Bonchev–Trinajstić information content (AvgIpc) is 2.83. The largest absolute Gasteiger partial charge is 0.444 e. The van der Waals surface area contributed by atoms with Crippen molar-refractivity contribution in [3.8, 4) is 11.3 Å². The third kappa shape index (κ3) is 5.39. The number of rotatable bonds is 4. The normalized spacial score (nSPS) is 15.7. The molecule has 7 heteroatoms. The number of carbonyl (C=O) groups excluding carboxylic acids is 1. The van der Waals surface area contributed by atoms with Crippen molar-refractivity contribution in [2.75, 3.05) is 19.3 Å². The molecule has 0 unspecified atom stereocenters. The zero-order chi connectivity index (χ0) is 24.3. The van der Waals surface area contributed by atoms with Gasteiger partial charge in [0.15, 0.2) is 5.16 Å². The summed E-state index contributed by atoms with van der Waals surface area (Å²) in [4.78, 5) is 23.4. The van der Waals surface area contributed by atoms with E-state index in [0.717, 1.165) is 29.3 Å². The number of benzene rings is 2. The van der Waals surface area contributed by atoms with Crippen LogP contribution >= 0.6 is 23.4 Å². The number of carbonyl (C=O) groups is 1. The molecule has 2 heterocycles. The first-order valence-corrected chi connectivity index (χ1v) is 13.0. The van der Waals surface area contributed by atoms with Gasteiger partial charge < -0.3 is 9.64 Å². The molecule has 0 spiro atoms. The molecule has 0 aliphatic carbocycles. The molecule has 1 aliphatic rings. The lowest BCUT2D eigenvalue weighted by atomic mass is 9.68. The molecule has 1 amide bonds. The fourth-order valence-electron chi connectivity index (χ4n) is 4.47. The van der Waals surface area contributed by atoms with Gasteiger partial charge in [0.2, 0.25) is 0 Å². The minimum Gasteiger partial charge on any atom is -0.444 e. The number of hydrogen-bond acceptors (Lipinski definition) is 5. The Balaban J connectivity index is 1.64. The first-order chi connectivity index (χ1) is 16.2. The van der Waals surface area contributed by atoms with Gasteiger partial charge in [-0.15, -0.1) is 0 Å². The molecule has 0 radical (unpaired) electrons. The van der Waals surface area contributed by atoms with Crippen LogP contribution in [0, 0.1) is 0 Å². The van der Waals surface area contributed by atoms with E-state index in [2.05, 4.69) is 46.4 Å². The van der Waals surface area contributed by atoms with Gasteiger partial charge in [0.25, 0.3) is 0 Å². The standard InChI is InChI=1S/C27H30ClN3O2S/c1-26(2,3)33-25(32)31-17-14-27(15-18-31,21-9-11-22(28)12-10-21)20-7-5-19(6-8-20)23-13-16-29-24(30-23)34-4/h5-13,16H,14-15,17-18H2,1-4H3. The highest BCUT2D eigenvalue weighted by molar-refractivity contribution is 7.98. The zero-order valence-electron chi connectivity index (χ0n) is 20.0. The Kier molecular flexibility index (Phi) is 7.20. The van der Waals surface area contributed by atoms with E-state index in [-0.39, 0.29) is 11.5 Å². The number of amides is 1. The highest BCUT2D eigenvalue weighted by atomic mass is 35.5. The maximum absolute atomic E-state index is 12.7. The molecule has 3 aromatic rings. The van der Waals surface area contributed by atoms with E-state index >= 15 is 0 Å². The minimum absolute atomic E-state index is 0.211. The first-order valence-electron chi connectivity index (χ1n) is 11.4. The summed E-state index contributed by atoms with van der Waals surface area (Å²) in [6, 6.07) is 18.7. The van der Waals surface area contributed by atoms with Crippen LogP contribution < -0.4 is 0 Å². The molecule has 1 fully saturated rings. The van der Waals surface area contributed by atoms with Gasteiger partial charge >= 0.3 is 6.09 Å². The maximum Gasteiger partial charge on any atom is 0.410 e. The van der Waals surface area contributed by atoms with Gasteiger partial charge in [0.05, 0.1) is 5.69 Å². The molecule has 1 saturated heterocycles. The van der Waals surface area contributed by atoms with Gasteiger partial charge in [-0.25, -0.2) is 14.8 Å². The van der Waals surface area contributed by atoms with Crippen LogP contribution in [-0.2, 0) is 10.2 Å². The van der Waals surface area contributed by atoms with Crippen LogP contribution in [0.3, 0.4) is 0 Å². The second-order valence-electron chi connectivity index (χ2n) is 9.56. The summed E-state index contributed by atoms with van der Waals surface area (Å²) in [7, 11) is 0. The summed E-state index contributed by atoms with van der Waals surface area (Å²) in [5, 5.41) is 1.47. The molecule has 0 atom stereocenters. The van der Waals surface area contributed by atoms with E-state index < -0.39 is 5.60 Å². The monoisotopic (exact) mass is 495 g/mol. The number of halogens is 1. The second kappa shape index (κ2) is 9.96. The van der Waals surface area contributed by atoms with E-state index in [9.17, 15) is 4.79 Å². The number of thioether (sulfide) groups is 1. The van der Waals surface area contributed by atoms with Crippen molar-refractivity contribution in [3.63, 3.8) is 0 Å². The fourth-order valence-corrected chi connectivity index (χ4v) is 4.95. The third-order valence-corrected chi connectivity index (χ3v) is 7.03. The molecule has 0 N–H and O–H groups in total. The van der Waals surface area contributed by atoms with Crippen molar-refractivity contribution >= 4 is 29.5 Å². The fraction of sp³-hybridized carbons (Fsp3) is 0.370. The lowest BCUT2D eigenvalue weighted by molar-refractivity contribution is 0.0180. The molecule has 2 aromatic carbocycles. The minimum atomic E-state index is -0.505. The Morgan fingerprint density at radius 2 is 1.59 bits per heavy atom. The molecule has 178 valence electrons. The summed E-state index contributed by atoms with van der Waals surface area (Å²) >= 11 is 7.73. The number of aromatic nitrogens is 2. The summed E-state index contributed by atoms with van der Waals surface area (Å²) in [5.74, 6) is 0. The number of nitrogens with zero attached hydrogens (tertiary/aromatic N) is 3. The average molecular weight is 496 g/mol. The van der Waals surface area contributed by atoms with Crippen molar-refractivity contribution in [1.82, 2.24) is 14.9 Å². The van der Waals surface area contributed by atoms with Crippen molar-refractivity contribution in [2.45, 2.75) is 49.8 Å². The maximum atomic E-state index is 12.7. The topological polar surface area (TPSA) is 55.3 Å². The second-order valence-corrected chi connectivity index (χ2v) is 10.8. The molecular weight excluding hydrogens is 466 g/mol. The number of hydrogen-bond donors (Lipinski definition) is 0. The molecule has 0 saturated carbocycles. The first kappa shape index (κ1) is 24.6. The SMILES string of the molecule is CSc1nccc(-c2ccc(C3(c4ccc(Cl)cc4)CCN(C(=O)OC(C)(C)C)CC3)cc2)n1. The number of piperidine rings is 1. The zero-order valence-corrected chi connectivity index (χ0v) is 21.6. The van der Waals surface area contributed by atoms with Crippen LogP contribution in [0.5, 0.6) is 0 Å². The Bertz CT molecular complexity index is 1140. The van der Waals surface area contributed by atoms with E-state index in [1.807, 2.05) is 50.1 Å². The van der Waals surface area contributed by atoms with Crippen LogP contribution in [0.25, 0.3) is 11.3 Å². The number of likely N-dealkylation sites (tertiary alicyclic amines) is 1. The summed E-state index contributed by atoms with van der Waals surface area (Å²) in [5.41, 5.74) is 3.68. The van der Waals surface area contributed by atoms with Gasteiger partial charge in [-0.2, -0.15) is 0 Å². The van der Waals surface area contributed by atoms with Crippen molar-refractivity contribution in [3.05, 3.63) is 76.9 Å².